The van der Waals surface area contributed by atoms with E-state index >= 15 is 0 Å². The monoisotopic (exact) mass is 415 g/mol. The standard InChI is InChI=1S/C18H14ClN5OS2/c19-13-5-2-1-4-12(13)10-20-17(25)11-27-18-22-21-16-8-7-14(23-24(16)18)15-6-3-9-26-15/h1-9H,10-11H2,(H,20,25). The van der Waals surface area contributed by atoms with Gasteiger partial charge < -0.3 is 5.32 Å². The molecule has 0 aliphatic rings. The van der Waals surface area contributed by atoms with Gasteiger partial charge in [-0.1, -0.05) is 47.6 Å². The third kappa shape index (κ3) is 4.13. The smallest absolute Gasteiger partial charge is 0.230 e. The van der Waals surface area contributed by atoms with Crippen LogP contribution < -0.4 is 5.32 Å². The van der Waals surface area contributed by atoms with Gasteiger partial charge in [0.2, 0.25) is 11.1 Å². The van der Waals surface area contributed by atoms with Crippen LogP contribution in [-0.2, 0) is 11.3 Å². The minimum Gasteiger partial charge on any atom is -0.351 e. The minimum atomic E-state index is -0.105. The number of hydrogen-bond donors (Lipinski definition) is 1. The second-order valence-electron chi connectivity index (χ2n) is 5.61. The van der Waals surface area contributed by atoms with E-state index in [2.05, 4.69) is 20.6 Å². The van der Waals surface area contributed by atoms with Crippen LogP contribution in [0.15, 0.2) is 59.1 Å². The summed E-state index contributed by atoms with van der Waals surface area (Å²) >= 11 is 9.02. The third-order valence-electron chi connectivity index (χ3n) is 3.77. The molecule has 136 valence electrons. The molecule has 9 heteroatoms. The number of aromatic nitrogens is 4. The highest BCUT2D eigenvalue weighted by Gasteiger charge is 2.12. The minimum absolute atomic E-state index is 0.105. The fourth-order valence-electron chi connectivity index (χ4n) is 2.43. The van der Waals surface area contributed by atoms with Gasteiger partial charge in [0.05, 0.1) is 10.6 Å². The number of halogens is 1. The van der Waals surface area contributed by atoms with Gasteiger partial charge in [0.15, 0.2) is 5.65 Å². The summed E-state index contributed by atoms with van der Waals surface area (Å²) in [5.74, 6) is 0.113. The maximum Gasteiger partial charge on any atom is 0.230 e. The van der Waals surface area contributed by atoms with Crippen LogP contribution in [-0.4, -0.2) is 31.5 Å². The second kappa shape index (κ2) is 8.08. The van der Waals surface area contributed by atoms with Crippen LogP contribution in [0.2, 0.25) is 5.02 Å². The molecule has 0 bridgehead atoms. The van der Waals surface area contributed by atoms with E-state index in [0.717, 1.165) is 16.1 Å². The first kappa shape index (κ1) is 18.0. The lowest BCUT2D eigenvalue weighted by Crippen LogP contribution is -2.24. The van der Waals surface area contributed by atoms with Crippen molar-refractivity contribution in [1.29, 1.82) is 0 Å². The molecule has 0 radical (unpaired) electrons. The fraction of sp³-hybridized carbons (Fsp3) is 0.111. The van der Waals surface area contributed by atoms with Gasteiger partial charge in [0, 0.05) is 11.6 Å². The number of carbonyl (C=O) groups excluding carboxylic acids is 1. The van der Waals surface area contributed by atoms with Crippen LogP contribution in [0.25, 0.3) is 16.2 Å². The molecule has 3 heterocycles. The Kier molecular flexibility index (Phi) is 5.38. The molecule has 4 rings (SSSR count). The van der Waals surface area contributed by atoms with Crippen molar-refractivity contribution in [2.75, 3.05) is 5.75 Å². The number of hydrogen-bond acceptors (Lipinski definition) is 6. The number of fused-ring (bicyclic) bond motifs is 1. The van der Waals surface area contributed by atoms with Crippen LogP contribution in [0.1, 0.15) is 5.56 Å². The Hall–Kier alpha value is -2.42. The first-order chi connectivity index (χ1) is 13.2. The molecule has 3 aromatic heterocycles. The lowest BCUT2D eigenvalue weighted by Gasteiger charge is -2.06. The number of amides is 1. The predicted octanol–water partition coefficient (Wildman–Crippen LogP) is 3.91. The Balaban J connectivity index is 1.42. The molecule has 0 spiro atoms. The van der Waals surface area contributed by atoms with E-state index in [4.69, 9.17) is 11.6 Å². The molecular weight excluding hydrogens is 402 g/mol. The SMILES string of the molecule is O=C(CSc1nnc2ccc(-c3cccs3)nn12)NCc1ccccc1Cl. The van der Waals surface area contributed by atoms with Crippen LogP contribution >= 0.6 is 34.7 Å². The van der Waals surface area contributed by atoms with Crippen molar-refractivity contribution in [3.8, 4) is 10.6 Å². The third-order valence-corrected chi connectivity index (χ3v) is 5.95. The van der Waals surface area contributed by atoms with Crippen molar-refractivity contribution < 1.29 is 4.79 Å². The first-order valence-corrected chi connectivity index (χ1v) is 10.3. The molecule has 0 unspecified atom stereocenters. The molecule has 0 atom stereocenters. The van der Waals surface area contributed by atoms with E-state index in [1.807, 2.05) is 47.8 Å². The van der Waals surface area contributed by atoms with Crippen molar-refractivity contribution in [3.05, 3.63) is 64.5 Å². The molecule has 6 nitrogen and oxygen atoms in total. The highest BCUT2D eigenvalue weighted by Crippen LogP contribution is 2.24. The number of carbonyl (C=O) groups is 1. The van der Waals surface area contributed by atoms with Crippen LogP contribution in [0.5, 0.6) is 0 Å². The fourth-order valence-corrected chi connectivity index (χ4v) is 4.04. The summed E-state index contributed by atoms with van der Waals surface area (Å²) in [6.45, 7) is 0.389. The summed E-state index contributed by atoms with van der Waals surface area (Å²) in [4.78, 5) is 13.2. The van der Waals surface area contributed by atoms with Crippen LogP contribution in [0, 0.1) is 0 Å². The van der Waals surface area contributed by atoms with Crippen molar-refractivity contribution in [2.45, 2.75) is 11.7 Å². The zero-order valence-corrected chi connectivity index (χ0v) is 16.4. The molecule has 0 aliphatic carbocycles. The number of thiophene rings is 1. The number of benzene rings is 1. The summed E-state index contributed by atoms with van der Waals surface area (Å²) in [5.41, 5.74) is 2.38. The van der Waals surface area contributed by atoms with Gasteiger partial charge in [-0.2, -0.15) is 9.61 Å². The molecule has 4 aromatic rings. The molecule has 0 aliphatic heterocycles. The summed E-state index contributed by atoms with van der Waals surface area (Å²) in [6.07, 6.45) is 0. The maximum absolute atomic E-state index is 12.2. The number of rotatable bonds is 6. The zero-order valence-electron chi connectivity index (χ0n) is 14.0. The molecule has 27 heavy (non-hydrogen) atoms. The quantitative estimate of drug-likeness (QED) is 0.483. The predicted molar refractivity (Wildman–Crippen MR) is 108 cm³/mol. The van der Waals surface area contributed by atoms with Gasteiger partial charge in [-0.25, -0.2) is 0 Å². The molecule has 1 amide bonds. The van der Waals surface area contributed by atoms with E-state index in [0.29, 0.717) is 22.4 Å². The Bertz CT molecular complexity index is 1080. The Morgan fingerprint density at radius 3 is 2.85 bits per heavy atom. The van der Waals surface area contributed by atoms with Crippen molar-refractivity contribution in [1.82, 2.24) is 25.1 Å². The Morgan fingerprint density at radius 2 is 2.04 bits per heavy atom. The van der Waals surface area contributed by atoms with Crippen LogP contribution in [0.3, 0.4) is 0 Å². The van der Waals surface area contributed by atoms with Gasteiger partial charge in [-0.15, -0.1) is 21.5 Å². The average molecular weight is 416 g/mol. The topological polar surface area (TPSA) is 72.2 Å². The van der Waals surface area contributed by atoms with Gasteiger partial charge in [-0.3, -0.25) is 4.79 Å². The van der Waals surface area contributed by atoms with E-state index in [1.165, 1.54) is 11.8 Å². The average Bonchev–Trinajstić information content (AvgIpc) is 3.35. The molecule has 1 aromatic carbocycles. The largest absolute Gasteiger partial charge is 0.351 e. The van der Waals surface area contributed by atoms with Crippen LogP contribution in [0.4, 0.5) is 0 Å². The summed E-state index contributed by atoms with van der Waals surface area (Å²) in [7, 11) is 0. The molecular formula is C18H14ClN5OS2. The first-order valence-electron chi connectivity index (χ1n) is 8.10. The highest BCUT2D eigenvalue weighted by molar-refractivity contribution is 7.99. The van der Waals surface area contributed by atoms with E-state index in [-0.39, 0.29) is 11.7 Å². The lowest BCUT2D eigenvalue weighted by atomic mass is 10.2. The molecule has 1 N–H and O–H groups in total. The summed E-state index contributed by atoms with van der Waals surface area (Å²) < 4.78 is 1.67. The van der Waals surface area contributed by atoms with Crippen molar-refractivity contribution in [3.63, 3.8) is 0 Å². The second-order valence-corrected chi connectivity index (χ2v) is 7.90. The Morgan fingerprint density at radius 1 is 1.15 bits per heavy atom. The Labute approximate surface area is 168 Å². The highest BCUT2D eigenvalue weighted by atomic mass is 35.5. The lowest BCUT2D eigenvalue weighted by molar-refractivity contribution is -0.118. The van der Waals surface area contributed by atoms with Gasteiger partial charge in [0.25, 0.3) is 0 Å². The molecule has 0 saturated heterocycles. The molecule has 0 fully saturated rings. The summed E-state index contributed by atoms with van der Waals surface area (Å²) in [6, 6.07) is 15.2. The summed E-state index contributed by atoms with van der Waals surface area (Å²) in [5, 5.41) is 18.9. The van der Waals surface area contributed by atoms with E-state index < -0.39 is 0 Å². The maximum atomic E-state index is 12.2. The number of nitrogens with zero attached hydrogens (tertiary/aromatic N) is 4. The van der Waals surface area contributed by atoms with Gasteiger partial charge in [0.1, 0.15) is 5.69 Å². The normalized spacial score (nSPS) is 11.0. The van der Waals surface area contributed by atoms with Crippen molar-refractivity contribution in [2.24, 2.45) is 0 Å². The van der Waals surface area contributed by atoms with Gasteiger partial charge >= 0.3 is 0 Å². The van der Waals surface area contributed by atoms with E-state index in [1.54, 1.807) is 21.9 Å². The number of thioether (sulfide) groups is 1. The van der Waals surface area contributed by atoms with Gasteiger partial charge in [-0.05, 0) is 35.2 Å². The zero-order chi connectivity index (χ0) is 18.6. The number of nitrogens with one attached hydrogen (secondary N) is 1. The molecule has 0 saturated carbocycles. The van der Waals surface area contributed by atoms with E-state index in [9.17, 15) is 4.79 Å². The van der Waals surface area contributed by atoms with Crippen molar-refractivity contribution >= 4 is 46.3 Å².